The van der Waals surface area contributed by atoms with Crippen LogP contribution in [0.5, 0.6) is 0 Å². The summed E-state index contributed by atoms with van der Waals surface area (Å²) < 4.78 is 32.4. The van der Waals surface area contributed by atoms with Crippen molar-refractivity contribution >= 4 is 15.9 Å². The molecule has 1 saturated carbocycles. The maximum Gasteiger partial charge on any atom is 0.264 e. The first-order valence-corrected chi connectivity index (χ1v) is 10.8. The van der Waals surface area contributed by atoms with Crippen molar-refractivity contribution in [2.75, 3.05) is 6.61 Å². The quantitative estimate of drug-likeness (QED) is 0.837. The third-order valence-electron chi connectivity index (χ3n) is 5.23. The monoisotopic (exact) mass is 365 g/mol. The smallest absolute Gasteiger partial charge is 0.264 e. The highest BCUT2D eigenvalue weighted by atomic mass is 32.2. The van der Waals surface area contributed by atoms with Gasteiger partial charge in [0.15, 0.2) is 0 Å². The summed E-state index contributed by atoms with van der Waals surface area (Å²) in [5, 5.41) is 0. The van der Waals surface area contributed by atoms with Gasteiger partial charge in [-0.05, 0) is 55.7 Å². The molecule has 1 N–H and O–H groups in total. The second kappa shape index (κ2) is 8.32. The van der Waals surface area contributed by atoms with Gasteiger partial charge in [0.2, 0.25) is 5.91 Å². The van der Waals surface area contributed by atoms with Crippen molar-refractivity contribution < 1.29 is 17.9 Å². The van der Waals surface area contributed by atoms with E-state index in [0.717, 1.165) is 19.4 Å². The summed E-state index contributed by atoms with van der Waals surface area (Å²) in [7, 11) is -3.79. The fraction of sp³-hybridized carbons (Fsp3) is 0.632. The van der Waals surface area contributed by atoms with Gasteiger partial charge < -0.3 is 4.74 Å². The zero-order chi connectivity index (χ0) is 17.7. The van der Waals surface area contributed by atoms with E-state index in [9.17, 15) is 13.2 Å². The van der Waals surface area contributed by atoms with Gasteiger partial charge in [0.25, 0.3) is 10.0 Å². The second-order valence-corrected chi connectivity index (χ2v) is 8.79. The SMILES string of the molecule is O=C(CCC1CCCO1)NS(=O)(=O)c1ccc(C2CCCCC2)cc1. The Morgan fingerprint density at radius 2 is 1.76 bits per heavy atom. The minimum Gasteiger partial charge on any atom is -0.378 e. The van der Waals surface area contributed by atoms with Gasteiger partial charge >= 0.3 is 0 Å². The molecule has 1 saturated heterocycles. The van der Waals surface area contributed by atoms with Gasteiger partial charge in [-0.25, -0.2) is 13.1 Å². The zero-order valence-electron chi connectivity index (χ0n) is 14.6. The molecule has 6 heteroatoms. The minimum atomic E-state index is -3.79. The lowest BCUT2D eigenvalue weighted by molar-refractivity contribution is -0.119. The first-order chi connectivity index (χ1) is 12.0. The molecule has 5 nitrogen and oxygen atoms in total. The molecule has 1 aliphatic heterocycles. The predicted octanol–water partition coefficient (Wildman–Crippen LogP) is 3.50. The lowest BCUT2D eigenvalue weighted by atomic mass is 9.84. The van der Waals surface area contributed by atoms with E-state index in [1.54, 1.807) is 12.1 Å². The van der Waals surface area contributed by atoms with Gasteiger partial charge in [-0.2, -0.15) is 0 Å². The predicted molar refractivity (Wildman–Crippen MR) is 95.8 cm³/mol. The highest BCUT2D eigenvalue weighted by Crippen LogP contribution is 2.32. The topological polar surface area (TPSA) is 72.5 Å². The van der Waals surface area contributed by atoms with E-state index in [-0.39, 0.29) is 17.4 Å². The normalized spacial score (nSPS) is 22.0. The third-order valence-corrected chi connectivity index (χ3v) is 6.62. The van der Waals surface area contributed by atoms with Gasteiger partial charge in [0.05, 0.1) is 11.0 Å². The average Bonchev–Trinajstić information content (AvgIpc) is 3.14. The summed E-state index contributed by atoms with van der Waals surface area (Å²) >= 11 is 0. The first kappa shape index (κ1) is 18.4. The Balaban J connectivity index is 1.56. The van der Waals surface area contributed by atoms with Crippen LogP contribution in [-0.2, 0) is 19.6 Å². The Morgan fingerprint density at radius 1 is 1.04 bits per heavy atom. The van der Waals surface area contributed by atoms with E-state index in [2.05, 4.69) is 4.72 Å². The molecule has 3 rings (SSSR count). The standard InChI is InChI=1S/C19H27NO4S/c21-19(13-10-17-7-4-14-24-17)20-25(22,23)18-11-8-16(9-12-18)15-5-2-1-3-6-15/h8-9,11-12,15,17H,1-7,10,13-14H2,(H,20,21). The van der Waals surface area contributed by atoms with Crippen molar-refractivity contribution in [3.8, 4) is 0 Å². The number of nitrogens with one attached hydrogen (secondary N) is 1. The number of carbonyl (C=O) groups is 1. The Labute approximate surface area is 150 Å². The number of carbonyl (C=O) groups excluding carboxylic acids is 1. The highest BCUT2D eigenvalue weighted by Gasteiger charge is 2.21. The number of rotatable bonds is 6. The van der Waals surface area contributed by atoms with Crippen LogP contribution in [0, 0.1) is 0 Å². The summed E-state index contributed by atoms with van der Waals surface area (Å²) in [6.45, 7) is 0.734. The van der Waals surface area contributed by atoms with Crippen molar-refractivity contribution in [1.82, 2.24) is 4.72 Å². The molecule has 2 fully saturated rings. The minimum absolute atomic E-state index is 0.0863. The van der Waals surface area contributed by atoms with Gasteiger partial charge in [0, 0.05) is 13.0 Å². The van der Waals surface area contributed by atoms with Gasteiger partial charge in [-0.3, -0.25) is 4.79 Å². The lowest BCUT2D eigenvalue weighted by Crippen LogP contribution is -2.31. The summed E-state index contributed by atoms with van der Waals surface area (Å²) in [6.07, 6.45) is 8.91. The molecule has 0 bridgehead atoms. The van der Waals surface area contributed by atoms with E-state index < -0.39 is 15.9 Å². The summed E-state index contributed by atoms with van der Waals surface area (Å²) in [4.78, 5) is 12.1. The Morgan fingerprint density at radius 3 is 2.40 bits per heavy atom. The molecule has 0 radical (unpaired) electrons. The molecule has 138 valence electrons. The zero-order valence-corrected chi connectivity index (χ0v) is 15.4. The first-order valence-electron chi connectivity index (χ1n) is 9.32. The number of ether oxygens (including phenoxy) is 1. The van der Waals surface area contributed by atoms with Gasteiger partial charge in [-0.15, -0.1) is 0 Å². The van der Waals surface area contributed by atoms with Crippen molar-refractivity contribution in [2.24, 2.45) is 0 Å². The molecule has 2 aliphatic rings. The van der Waals surface area contributed by atoms with E-state index in [1.165, 1.54) is 37.7 Å². The van der Waals surface area contributed by atoms with Crippen LogP contribution in [0.4, 0.5) is 0 Å². The largest absolute Gasteiger partial charge is 0.378 e. The Bertz CT molecular complexity index is 672. The Kier molecular flexibility index (Phi) is 6.12. The number of amides is 1. The fourth-order valence-corrected chi connectivity index (χ4v) is 4.79. The van der Waals surface area contributed by atoms with Crippen molar-refractivity contribution in [3.63, 3.8) is 0 Å². The number of sulfonamides is 1. The molecule has 25 heavy (non-hydrogen) atoms. The molecular weight excluding hydrogens is 338 g/mol. The van der Waals surface area contributed by atoms with E-state index in [4.69, 9.17) is 4.74 Å². The van der Waals surface area contributed by atoms with Crippen LogP contribution in [0.3, 0.4) is 0 Å². The molecule has 0 spiro atoms. The molecule has 1 unspecified atom stereocenters. The summed E-state index contributed by atoms with van der Waals surface area (Å²) in [6, 6.07) is 7.00. The molecule has 1 aliphatic carbocycles. The summed E-state index contributed by atoms with van der Waals surface area (Å²) in [5.41, 5.74) is 1.20. The molecule has 1 amide bonds. The summed E-state index contributed by atoms with van der Waals surface area (Å²) in [5.74, 6) is 0.0679. The molecule has 1 aromatic carbocycles. The lowest BCUT2D eigenvalue weighted by Gasteiger charge is -2.22. The number of benzene rings is 1. The molecule has 1 aromatic rings. The average molecular weight is 365 g/mol. The van der Waals surface area contributed by atoms with Crippen molar-refractivity contribution in [1.29, 1.82) is 0 Å². The fourth-order valence-electron chi connectivity index (χ4n) is 3.78. The number of hydrogen-bond donors (Lipinski definition) is 1. The third kappa shape index (κ3) is 5.05. The molecule has 1 atom stereocenters. The van der Waals surface area contributed by atoms with Crippen LogP contribution in [0.2, 0.25) is 0 Å². The van der Waals surface area contributed by atoms with E-state index >= 15 is 0 Å². The molecule has 1 heterocycles. The van der Waals surface area contributed by atoms with Crippen LogP contribution in [0.25, 0.3) is 0 Å². The maximum absolute atomic E-state index is 12.4. The van der Waals surface area contributed by atoms with E-state index in [1.807, 2.05) is 12.1 Å². The molecule has 0 aromatic heterocycles. The Hall–Kier alpha value is -1.40. The van der Waals surface area contributed by atoms with Crippen LogP contribution >= 0.6 is 0 Å². The molecular formula is C19H27NO4S. The van der Waals surface area contributed by atoms with Crippen molar-refractivity contribution in [3.05, 3.63) is 29.8 Å². The van der Waals surface area contributed by atoms with Crippen molar-refractivity contribution in [2.45, 2.75) is 74.7 Å². The van der Waals surface area contributed by atoms with Gasteiger partial charge in [-0.1, -0.05) is 31.4 Å². The van der Waals surface area contributed by atoms with Crippen LogP contribution < -0.4 is 4.72 Å². The van der Waals surface area contributed by atoms with Gasteiger partial charge in [0.1, 0.15) is 0 Å². The maximum atomic E-state index is 12.4. The highest BCUT2D eigenvalue weighted by molar-refractivity contribution is 7.90. The second-order valence-electron chi connectivity index (χ2n) is 7.11. The van der Waals surface area contributed by atoms with Crippen LogP contribution in [0.1, 0.15) is 69.3 Å². The number of hydrogen-bond acceptors (Lipinski definition) is 4. The van der Waals surface area contributed by atoms with Crippen LogP contribution in [-0.4, -0.2) is 27.0 Å². The van der Waals surface area contributed by atoms with Crippen LogP contribution in [0.15, 0.2) is 29.2 Å². The van der Waals surface area contributed by atoms with E-state index in [0.29, 0.717) is 12.3 Å².